The van der Waals surface area contributed by atoms with E-state index >= 15 is 0 Å². The first kappa shape index (κ1) is 19.0. The van der Waals surface area contributed by atoms with Crippen LogP contribution >= 0.6 is 0 Å². The van der Waals surface area contributed by atoms with Gasteiger partial charge in [-0.25, -0.2) is 14.4 Å². The fourth-order valence-electron chi connectivity index (χ4n) is 2.87. The molecule has 1 fully saturated rings. The Balaban J connectivity index is 0.000000511. The lowest BCUT2D eigenvalue weighted by Gasteiger charge is -2.26. The minimum Gasteiger partial charge on any atom is -0.481 e. The Morgan fingerprint density at radius 3 is 2.48 bits per heavy atom. The summed E-state index contributed by atoms with van der Waals surface area (Å²) in [6.45, 7) is 4.51. The third-order valence-electron chi connectivity index (χ3n) is 4.05. The quantitative estimate of drug-likeness (QED) is 0.920. The first-order valence-corrected chi connectivity index (χ1v) is 8.53. The average Bonchev–Trinajstić information content (AvgIpc) is 2.61. The van der Waals surface area contributed by atoms with E-state index in [-0.39, 0.29) is 5.82 Å². The highest BCUT2D eigenvalue weighted by atomic mass is 19.1. The fraction of sp³-hybridized carbons (Fsp3) is 0.421. The van der Waals surface area contributed by atoms with Crippen LogP contribution in [0.1, 0.15) is 31.7 Å². The monoisotopic (exact) mass is 345 g/mol. The van der Waals surface area contributed by atoms with Crippen molar-refractivity contribution in [3.8, 4) is 11.3 Å². The minimum atomic E-state index is -0.833. The largest absolute Gasteiger partial charge is 0.481 e. The maximum absolute atomic E-state index is 13.1. The smallest absolute Gasteiger partial charge is 0.300 e. The van der Waals surface area contributed by atoms with Crippen LogP contribution in [0.5, 0.6) is 0 Å². The number of hydrogen-bond acceptors (Lipinski definition) is 4. The Morgan fingerprint density at radius 2 is 1.84 bits per heavy atom. The Kier molecular flexibility index (Phi) is 7.47. The third-order valence-corrected chi connectivity index (χ3v) is 4.05. The summed E-state index contributed by atoms with van der Waals surface area (Å²) in [5.41, 5.74) is 3.00. The maximum Gasteiger partial charge on any atom is 0.300 e. The zero-order valence-corrected chi connectivity index (χ0v) is 14.5. The second-order valence-corrected chi connectivity index (χ2v) is 6.07. The van der Waals surface area contributed by atoms with Crippen molar-refractivity contribution in [1.29, 1.82) is 0 Å². The molecule has 0 atom stereocenters. The molecule has 0 unspecified atom stereocenters. The Hall–Kier alpha value is -2.34. The summed E-state index contributed by atoms with van der Waals surface area (Å²) in [6.07, 6.45) is 8.34. The van der Waals surface area contributed by atoms with Crippen molar-refractivity contribution in [3.63, 3.8) is 0 Å². The number of carbonyl (C=O) groups is 1. The molecule has 0 saturated carbocycles. The zero-order chi connectivity index (χ0) is 18.1. The van der Waals surface area contributed by atoms with Crippen LogP contribution in [0.25, 0.3) is 11.3 Å². The molecule has 0 amide bonds. The molecule has 1 aromatic heterocycles. The molecule has 0 aliphatic carbocycles. The van der Waals surface area contributed by atoms with Crippen LogP contribution < -0.4 is 0 Å². The van der Waals surface area contributed by atoms with Crippen molar-refractivity contribution in [1.82, 2.24) is 14.9 Å². The highest BCUT2D eigenvalue weighted by molar-refractivity contribution is 5.63. The van der Waals surface area contributed by atoms with Crippen LogP contribution in [-0.4, -0.2) is 45.6 Å². The van der Waals surface area contributed by atoms with E-state index < -0.39 is 5.97 Å². The van der Waals surface area contributed by atoms with E-state index in [4.69, 9.17) is 9.90 Å². The topological polar surface area (TPSA) is 66.3 Å². The molecule has 1 aromatic carbocycles. The van der Waals surface area contributed by atoms with Gasteiger partial charge in [0.05, 0.1) is 5.69 Å². The number of carboxylic acid groups (broad SMARTS) is 1. The molecule has 2 heterocycles. The SMILES string of the molecule is CC(=O)O.Fc1ccc(-c2ncncc2CCN2CCCCC2)cc1. The van der Waals surface area contributed by atoms with Crippen LogP contribution in [0, 0.1) is 5.82 Å². The lowest BCUT2D eigenvalue weighted by atomic mass is 10.0. The number of aromatic nitrogens is 2. The molecule has 1 aliphatic heterocycles. The van der Waals surface area contributed by atoms with Gasteiger partial charge in [-0.2, -0.15) is 0 Å². The van der Waals surface area contributed by atoms with Crippen molar-refractivity contribution in [3.05, 3.63) is 48.2 Å². The minimum absolute atomic E-state index is 0.220. The molecule has 0 radical (unpaired) electrons. The van der Waals surface area contributed by atoms with Gasteiger partial charge >= 0.3 is 0 Å². The van der Waals surface area contributed by atoms with Gasteiger partial charge in [-0.3, -0.25) is 4.79 Å². The summed E-state index contributed by atoms with van der Waals surface area (Å²) in [4.78, 5) is 20.0. The summed E-state index contributed by atoms with van der Waals surface area (Å²) >= 11 is 0. The summed E-state index contributed by atoms with van der Waals surface area (Å²) < 4.78 is 13.1. The molecule has 3 rings (SSSR count). The standard InChI is InChI=1S/C17H20FN3.C2H4O2/c18-16-6-4-14(5-7-16)17-15(12-19-13-20-17)8-11-21-9-2-1-3-10-21;1-2(3)4/h4-7,12-13H,1-3,8-11H2;1H3,(H,3,4). The van der Waals surface area contributed by atoms with E-state index in [0.717, 1.165) is 36.7 Å². The van der Waals surface area contributed by atoms with Gasteiger partial charge in [0.15, 0.2) is 0 Å². The molecule has 0 spiro atoms. The first-order valence-electron chi connectivity index (χ1n) is 8.53. The van der Waals surface area contributed by atoms with E-state index in [0.29, 0.717) is 0 Å². The molecule has 1 saturated heterocycles. The van der Waals surface area contributed by atoms with Gasteiger partial charge in [0, 0.05) is 25.2 Å². The molecule has 1 N–H and O–H groups in total. The van der Waals surface area contributed by atoms with Crippen LogP contribution in [0.3, 0.4) is 0 Å². The number of benzene rings is 1. The zero-order valence-electron chi connectivity index (χ0n) is 14.5. The predicted octanol–water partition coefficient (Wildman–Crippen LogP) is 3.40. The van der Waals surface area contributed by atoms with Gasteiger partial charge in [0.1, 0.15) is 12.1 Å². The molecule has 134 valence electrons. The normalized spacial score (nSPS) is 14.5. The summed E-state index contributed by atoms with van der Waals surface area (Å²) in [6, 6.07) is 6.52. The lowest BCUT2D eigenvalue weighted by Crippen LogP contribution is -2.31. The van der Waals surface area contributed by atoms with Gasteiger partial charge in [-0.15, -0.1) is 0 Å². The molecule has 1 aliphatic rings. The van der Waals surface area contributed by atoms with Gasteiger partial charge in [-0.1, -0.05) is 6.42 Å². The van der Waals surface area contributed by atoms with Crippen molar-refractivity contribution < 1.29 is 14.3 Å². The van der Waals surface area contributed by atoms with Crippen LogP contribution in [0.4, 0.5) is 4.39 Å². The third kappa shape index (κ3) is 6.58. The Labute approximate surface area is 147 Å². The van der Waals surface area contributed by atoms with Crippen molar-refractivity contribution in [2.75, 3.05) is 19.6 Å². The number of nitrogens with zero attached hydrogens (tertiary/aromatic N) is 3. The van der Waals surface area contributed by atoms with E-state index in [9.17, 15) is 4.39 Å². The van der Waals surface area contributed by atoms with Gasteiger partial charge < -0.3 is 10.0 Å². The number of likely N-dealkylation sites (tertiary alicyclic amines) is 1. The summed E-state index contributed by atoms with van der Waals surface area (Å²) in [7, 11) is 0. The number of piperidine rings is 1. The molecular weight excluding hydrogens is 321 g/mol. The lowest BCUT2D eigenvalue weighted by molar-refractivity contribution is -0.134. The first-order chi connectivity index (χ1) is 12.1. The molecule has 2 aromatic rings. The summed E-state index contributed by atoms with van der Waals surface area (Å²) in [5.74, 6) is -1.05. The van der Waals surface area contributed by atoms with Crippen molar-refractivity contribution in [2.45, 2.75) is 32.6 Å². The number of aliphatic carboxylic acids is 1. The maximum atomic E-state index is 13.1. The van der Waals surface area contributed by atoms with Gasteiger partial charge in [0.2, 0.25) is 0 Å². The number of hydrogen-bond donors (Lipinski definition) is 1. The van der Waals surface area contributed by atoms with Crippen molar-refractivity contribution in [2.24, 2.45) is 0 Å². The van der Waals surface area contributed by atoms with E-state index in [2.05, 4.69) is 14.9 Å². The van der Waals surface area contributed by atoms with Crippen LogP contribution in [-0.2, 0) is 11.2 Å². The van der Waals surface area contributed by atoms with Crippen molar-refractivity contribution >= 4 is 5.97 Å². The Bertz CT molecular complexity index is 667. The van der Waals surface area contributed by atoms with E-state index in [1.54, 1.807) is 18.5 Å². The summed E-state index contributed by atoms with van der Waals surface area (Å²) in [5, 5.41) is 7.42. The number of rotatable bonds is 4. The second-order valence-electron chi connectivity index (χ2n) is 6.07. The average molecular weight is 345 g/mol. The highest BCUT2D eigenvalue weighted by Gasteiger charge is 2.12. The van der Waals surface area contributed by atoms with Crippen LogP contribution in [0.2, 0.25) is 0 Å². The fourth-order valence-corrected chi connectivity index (χ4v) is 2.87. The predicted molar refractivity (Wildman–Crippen MR) is 94.7 cm³/mol. The highest BCUT2D eigenvalue weighted by Crippen LogP contribution is 2.21. The van der Waals surface area contributed by atoms with E-state index in [1.807, 2.05) is 6.20 Å². The van der Waals surface area contributed by atoms with Gasteiger partial charge in [-0.05, 0) is 62.2 Å². The number of carboxylic acids is 1. The molecular formula is C19H24FN3O2. The van der Waals surface area contributed by atoms with Crippen LogP contribution in [0.15, 0.2) is 36.8 Å². The van der Waals surface area contributed by atoms with Gasteiger partial charge in [0.25, 0.3) is 5.97 Å². The Morgan fingerprint density at radius 1 is 1.20 bits per heavy atom. The number of halogens is 1. The van der Waals surface area contributed by atoms with E-state index in [1.165, 1.54) is 44.5 Å². The second kappa shape index (κ2) is 9.84. The molecule has 25 heavy (non-hydrogen) atoms. The molecule has 5 nitrogen and oxygen atoms in total. The molecule has 0 bridgehead atoms. The molecule has 6 heteroatoms.